The van der Waals surface area contributed by atoms with E-state index in [-0.39, 0.29) is 18.9 Å². The lowest BCUT2D eigenvalue weighted by Crippen LogP contribution is -2.45. The van der Waals surface area contributed by atoms with Gasteiger partial charge in [-0.1, -0.05) is 36.4 Å². The van der Waals surface area contributed by atoms with Gasteiger partial charge >= 0.3 is 18.0 Å². The van der Waals surface area contributed by atoms with Crippen molar-refractivity contribution in [2.75, 3.05) is 41.9 Å². The van der Waals surface area contributed by atoms with E-state index in [1.165, 1.54) is 15.9 Å². The number of anilines is 3. The van der Waals surface area contributed by atoms with Crippen LogP contribution in [-0.2, 0) is 35.1 Å². The number of benzene rings is 3. The number of ether oxygens (including phenoxy) is 3. The molecule has 0 aliphatic heterocycles. The Labute approximate surface area is 281 Å². The molecule has 0 bridgehead atoms. The predicted octanol–water partition coefficient (Wildman–Crippen LogP) is 5.11. The number of urea groups is 1. The molecule has 0 fully saturated rings. The fourth-order valence-corrected chi connectivity index (χ4v) is 4.33. The van der Waals surface area contributed by atoms with Crippen LogP contribution in [0, 0.1) is 0 Å². The lowest BCUT2D eigenvalue weighted by molar-refractivity contribution is -0.154. The first-order chi connectivity index (χ1) is 22.5. The normalized spacial score (nSPS) is 11.1. The third-order valence-electron chi connectivity index (χ3n) is 6.37. The molecular formula is C36H44N4O8. The van der Waals surface area contributed by atoms with Crippen LogP contribution >= 0.6 is 0 Å². The second-order valence-electron chi connectivity index (χ2n) is 12.9. The van der Waals surface area contributed by atoms with Gasteiger partial charge in [0, 0.05) is 30.2 Å². The summed E-state index contributed by atoms with van der Waals surface area (Å²) in [6.07, 6.45) is 0.0210. The molecule has 0 aliphatic carbocycles. The minimum absolute atomic E-state index is 0.0210. The molecule has 48 heavy (non-hydrogen) atoms. The van der Waals surface area contributed by atoms with Gasteiger partial charge in [-0.05, 0) is 83.5 Å². The van der Waals surface area contributed by atoms with Crippen LogP contribution in [0.4, 0.5) is 21.9 Å². The first-order valence-corrected chi connectivity index (χ1v) is 15.4. The van der Waals surface area contributed by atoms with Crippen LogP contribution in [0.1, 0.15) is 47.1 Å². The monoisotopic (exact) mass is 660 g/mol. The molecular weight excluding hydrogens is 616 g/mol. The summed E-state index contributed by atoms with van der Waals surface area (Å²) in [6, 6.07) is 21.5. The van der Waals surface area contributed by atoms with Crippen LogP contribution < -0.4 is 25.2 Å². The maximum atomic E-state index is 13.4. The Bertz CT molecular complexity index is 1600. The highest BCUT2D eigenvalue weighted by Gasteiger charge is 2.25. The quantitative estimate of drug-likeness (QED) is 0.255. The molecule has 0 spiro atoms. The number of amides is 4. The van der Waals surface area contributed by atoms with Gasteiger partial charge < -0.3 is 29.7 Å². The first-order valence-electron chi connectivity index (χ1n) is 15.4. The number of para-hydroxylation sites is 1. The number of hydrogen-bond acceptors (Lipinski definition) is 8. The van der Waals surface area contributed by atoms with Crippen LogP contribution in [0.5, 0.6) is 5.75 Å². The minimum Gasteiger partial charge on any atom is -0.484 e. The van der Waals surface area contributed by atoms with E-state index in [4.69, 9.17) is 14.2 Å². The lowest BCUT2D eigenvalue weighted by atomic mass is 10.1. The molecule has 12 heteroatoms. The fraction of sp³-hybridized carbons (Fsp3) is 0.361. The number of carbonyl (C=O) groups excluding carboxylic acids is 5. The van der Waals surface area contributed by atoms with Crippen LogP contribution in [-0.4, -0.2) is 67.7 Å². The van der Waals surface area contributed by atoms with Crippen molar-refractivity contribution >= 4 is 46.8 Å². The van der Waals surface area contributed by atoms with E-state index >= 15 is 0 Å². The molecule has 0 aromatic heterocycles. The average Bonchev–Trinajstić information content (AvgIpc) is 3.00. The zero-order valence-corrected chi connectivity index (χ0v) is 28.5. The number of hydrogen-bond donors (Lipinski definition) is 2. The maximum Gasteiger partial charge on any atom is 0.326 e. The average molecular weight is 661 g/mol. The van der Waals surface area contributed by atoms with Crippen LogP contribution in [0.25, 0.3) is 0 Å². The molecule has 3 rings (SSSR count). The second kappa shape index (κ2) is 16.4. The Hall–Kier alpha value is -5.39. The summed E-state index contributed by atoms with van der Waals surface area (Å²) < 4.78 is 16.5. The summed E-state index contributed by atoms with van der Waals surface area (Å²) in [5.41, 5.74) is 0.631. The standard InChI is InChI=1S/C36H44N4O8/c1-35(2,3)47-32(43)20-25-13-11-14-26(19-25)38-34(45)37-22-30(41)40(23-33(44)48-36(4,5)6)28-17-12-18-29(21-28)46-24-31(42)39(7)27-15-9-8-10-16-27/h8-19,21H,20,22-24H2,1-7H3,(H2,37,38,45). The molecule has 0 atom stereocenters. The van der Waals surface area contributed by atoms with Crippen molar-refractivity contribution in [3.8, 4) is 5.75 Å². The highest BCUT2D eigenvalue weighted by atomic mass is 16.6. The van der Waals surface area contributed by atoms with E-state index in [0.29, 0.717) is 28.4 Å². The molecule has 0 saturated carbocycles. The topological polar surface area (TPSA) is 144 Å². The van der Waals surface area contributed by atoms with E-state index in [1.807, 2.05) is 18.2 Å². The van der Waals surface area contributed by atoms with Crippen molar-refractivity contribution in [3.63, 3.8) is 0 Å². The number of likely N-dealkylation sites (N-methyl/N-ethyl adjacent to an activating group) is 1. The molecule has 0 unspecified atom stereocenters. The third kappa shape index (κ3) is 12.8. The highest BCUT2D eigenvalue weighted by Crippen LogP contribution is 2.23. The maximum absolute atomic E-state index is 13.4. The van der Waals surface area contributed by atoms with Crippen molar-refractivity contribution in [2.45, 2.75) is 59.2 Å². The van der Waals surface area contributed by atoms with Crippen molar-refractivity contribution in [2.24, 2.45) is 0 Å². The van der Waals surface area contributed by atoms with Gasteiger partial charge in [0.1, 0.15) is 23.5 Å². The Morgan fingerprint density at radius 1 is 0.708 bits per heavy atom. The van der Waals surface area contributed by atoms with E-state index in [9.17, 15) is 24.0 Å². The van der Waals surface area contributed by atoms with Crippen molar-refractivity contribution < 1.29 is 38.2 Å². The number of nitrogens with zero attached hydrogens (tertiary/aromatic N) is 2. The van der Waals surface area contributed by atoms with Crippen LogP contribution in [0.15, 0.2) is 78.9 Å². The van der Waals surface area contributed by atoms with Crippen molar-refractivity contribution in [1.29, 1.82) is 0 Å². The first kappa shape index (κ1) is 37.1. The Balaban J connectivity index is 1.67. The number of rotatable bonds is 12. The zero-order valence-electron chi connectivity index (χ0n) is 28.5. The summed E-state index contributed by atoms with van der Waals surface area (Å²) in [5.74, 6) is -1.67. The summed E-state index contributed by atoms with van der Waals surface area (Å²) >= 11 is 0. The number of esters is 2. The Morgan fingerprint density at radius 3 is 2.00 bits per heavy atom. The molecule has 0 saturated heterocycles. The molecule has 4 amide bonds. The lowest BCUT2D eigenvalue weighted by Gasteiger charge is -2.26. The molecule has 12 nitrogen and oxygen atoms in total. The van der Waals surface area contributed by atoms with Crippen LogP contribution in [0.2, 0.25) is 0 Å². The molecule has 2 N–H and O–H groups in total. The van der Waals surface area contributed by atoms with Gasteiger partial charge in [-0.15, -0.1) is 0 Å². The largest absolute Gasteiger partial charge is 0.484 e. The third-order valence-corrected chi connectivity index (χ3v) is 6.37. The van der Waals surface area contributed by atoms with E-state index in [1.54, 1.807) is 103 Å². The fourth-order valence-electron chi connectivity index (χ4n) is 4.33. The minimum atomic E-state index is -0.794. The smallest absolute Gasteiger partial charge is 0.326 e. The van der Waals surface area contributed by atoms with Gasteiger partial charge in [0.2, 0.25) is 5.91 Å². The molecule has 0 heterocycles. The molecule has 0 aliphatic rings. The Morgan fingerprint density at radius 2 is 1.33 bits per heavy atom. The van der Waals surface area contributed by atoms with Gasteiger partial charge in [0.25, 0.3) is 5.91 Å². The zero-order chi connectivity index (χ0) is 35.5. The number of nitrogens with one attached hydrogen (secondary N) is 2. The molecule has 3 aromatic carbocycles. The van der Waals surface area contributed by atoms with E-state index < -0.39 is 48.2 Å². The van der Waals surface area contributed by atoms with E-state index in [2.05, 4.69) is 10.6 Å². The molecule has 0 radical (unpaired) electrons. The second-order valence-corrected chi connectivity index (χ2v) is 12.9. The summed E-state index contributed by atoms with van der Waals surface area (Å²) in [5, 5.41) is 5.16. The van der Waals surface area contributed by atoms with Gasteiger partial charge in [-0.3, -0.25) is 24.1 Å². The summed E-state index contributed by atoms with van der Waals surface area (Å²) in [4.78, 5) is 66.5. The van der Waals surface area contributed by atoms with Gasteiger partial charge in [0.15, 0.2) is 6.61 Å². The SMILES string of the molecule is CN(C(=O)COc1cccc(N(CC(=O)OC(C)(C)C)C(=O)CNC(=O)Nc2cccc(CC(=O)OC(C)(C)C)c2)c1)c1ccccc1. The molecule has 256 valence electrons. The summed E-state index contributed by atoms with van der Waals surface area (Å²) in [7, 11) is 1.64. The van der Waals surface area contributed by atoms with Crippen molar-refractivity contribution in [3.05, 3.63) is 84.4 Å². The molecule has 3 aromatic rings. The van der Waals surface area contributed by atoms with Gasteiger partial charge in [-0.25, -0.2) is 4.79 Å². The van der Waals surface area contributed by atoms with Gasteiger partial charge in [0.05, 0.1) is 13.0 Å². The van der Waals surface area contributed by atoms with Gasteiger partial charge in [-0.2, -0.15) is 0 Å². The van der Waals surface area contributed by atoms with Crippen molar-refractivity contribution in [1.82, 2.24) is 5.32 Å². The highest BCUT2D eigenvalue weighted by molar-refractivity contribution is 6.01. The van der Waals surface area contributed by atoms with E-state index in [0.717, 1.165) is 0 Å². The summed E-state index contributed by atoms with van der Waals surface area (Å²) in [6.45, 7) is 9.31. The number of carbonyl (C=O) groups is 5. The van der Waals surface area contributed by atoms with Crippen LogP contribution in [0.3, 0.4) is 0 Å². The predicted molar refractivity (Wildman–Crippen MR) is 183 cm³/mol. The Kier molecular flexibility index (Phi) is 12.7.